The van der Waals surface area contributed by atoms with E-state index in [1.54, 1.807) is 36.4 Å². The number of hydrogen-bond donors (Lipinski definition) is 1. The summed E-state index contributed by atoms with van der Waals surface area (Å²) in [5, 5.41) is 3.27. The first-order valence-corrected chi connectivity index (χ1v) is 6.90. The van der Waals surface area contributed by atoms with Crippen LogP contribution in [0.1, 0.15) is 15.9 Å². The van der Waals surface area contributed by atoms with Crippen molar-refractivity contribution >= 4 is 35.2 Å². The van der Waals surface area contributed by atoms with Gasteiger partial charge in [-0.2, -0.15) is 0 Å². The zero-order valence-corrected chi connectivity index (χ0v) is 12.6. The van der Waals surface area contributed by atoms with Crippen LogP contribution >= 0.6 is 11.6 Å². The molecule has 0 saturated heterocycles. The molecule has 0 aliphatic carbocycles. The minimum Gasteiger partial charge on any atom is -0.465 e. The first-order chi connectivity index (χ1) is 10.6. The summed E-state index contributed by atoms with van der Waals surface area (Å²) in [4.78, 5) is 23.1. The number of halogens is 1. The van der Waals surface area contributed by atoms with E-state index >= 15 is 0 Å². The first kappa shape index (κ1) is 15.8. The van der Waals surface area contributed by atoms with Crippen LogP contribution < -0.4 is 5.32 Å². The van der Waals surface area contributed by atoms with Crippen LogP contribution in [0.25, 0.3) is 6.08 Å². The fourth-order valence-corrected chi connectivity index (χ4v) is 1.97. The normalized spacial score (nSPS) is 10.5. The molecule has 0 spiro atoms. The molecule has 22 heavy (non-hydrogen) atoms. The lowest BCUT2D eigenvalue weighted by atomic mass is 10.2. The molecule has 2 rings (SSSR count). The molecule has 4 nitrogen and oxygen atoms in total. The van der Waals surface area contributed by atoms with Gasteiger partial charge in [-0.25, -0.2) is 4.79 Å². The van der Waals surface area contributed by atoms with Crippen molar-refractivity contribution in [2.45, 2.75) is 0 Å². The summed E-state index contributed by atoms with van der Waals surface area (Å²) in [6.45, 7) is 0. The lowest BCUT2D eigenvalue weighted by molar-refractivity contribution is -0.111. The van der Waals surface area contributed by atoms with Crippen LogP contribution in [0.15, 0.2) is 54.6 Å². The number of methoxy groups -OCH3 is 1. The Bertz CT molecular complexity index is 708. The third-order valence-electron chi connectivity index (χ3n) is 2.89. The zero-order valence-electron chi connectivity index (χ0n) is 11.9. The Labute approximate surface area is 133 Å². The SMILES string of the molecule is COC(=O)c1ccc(NC(=O)C=Cc2ccccc2Cl)cc1. The standard InChI is InChI=1S/C17H14ClNO3/c1-22-17(21)13-6-9-14(10-7-13)19-16(20)11-8-12-4-2-3-5-15(12)18/h2-11H,1H3,(H,19,20). The maximum atomic E-state index is 11.8. The molecule has 112 valence electrons. The lowest BCUT2D eigenvalue weighted by Crippen LogP contribution is -2.08. The Morgan fingerprint density at radius 1 is 1.09 bits per heavy atom. The van der Waals surface area contributed by atoms with Crippen LogP contribution in [0.4, 0.5) is 5.69 Å². The van der Waals surface area contributed by atoms with Gasteiger partial charge >= 0.3 is 5.97 Å². The maximum Gasteiger partial charge on any atom is 0.337 e. The van der Waals surface area contributed by atoms with Crippen LogP contribution in [-0.4, -0.2) is 19.0 Å². The van der Waals surface area contributed by atoms with Gasteiger partial charge in [0.15, 0.2) is 0 Å². The predicted molar refractivity (Wildman–Crippen MR) is 86.9 cm³/mol. The molecular weight excluding hydrogens is 302 g/mol. The Morgan fingerprint density at radius 2 is 1.77 bits per heavy atom. The van der Waals surface area contributed by atoms with Gasteiger partial charge in [0.2, 0.25) is 5.91 Å². The molecule has 0 aromatic heterocycles. The number of esters is 1. The summed E-state index contributed by atoms with van der Waals surface area (Å²) < 4.78 is 4.61. The summed E-state index contributed by atoms with van der Waals surface area (Å²) in [6, 6.07) is 13.7. The summed E-state index contributed by atoms with van der Waals surface area (Å²) in [5.41, 5.74) is 1.77. The van der Waals surface area contributed by atoms with E-state index < -0.39 is 5.97 Å². The molecule has 5 heteroatoms. The molecule has 0 bridgehead atoms. The number of carbonyl (C=O) groups is 2. The van der Waals surface area contributed by atoms with Crippen LogP contribution in [0.5, 0.6) is 0 Å². The van der Waals surface area contributed by atoms with Crippen molar-refractivity contribution in [1.29, 1.82) is 0 Å². The zero-order chi connectivity index (χ0) is 15.9. The fraction of sp³-hybridized carbons (Fsp3) is 0.0588. The van der Waals surface area contributed by atoms with Crippen LogP contribution in [0.2, 0.25) is 5.02 Å². The highest BCUT2D eigenvalue weighted by Crippen LogP contribution is 2.16. The van der Waals surface area contributed by atoms with E-state index in [2.05, 4.69) is 10.1 Å². The number of ether oxygens (including phenoxy) is 1. The second-order valence-corrected chi connectivity index (χ2v) is 4.82. The Morgan fingerprint density at radius 3 is 2.41 bits per heavy atom. The van der Waals surface area contributed by atoms with E-state index in [0.29, 0.717) is 16.3 Å². The van der Waals surface area contributed by atoms with Crippen molar-refractivity contribution < 1.29 is 14.3 Å². The molecule has 0 aliphatic rings. The highest BCUT2D eigenvalue weighted by Gasteiger charge is 2.05. The van der Waals surface area contributed by atoms with E-state index in [4.69, 9.17) is 11.6 Å². The molecule has 2 aromatic carbocycles. The molecule has 0 radical (unpaired) electrons. The minimum absolute atomic E-state index is 0.286. The van der Waals surface area contributed by atoms with Gasteiger partial charge in [-0.1, -0.05) is 29.8 Å². The molecule has 0 saturated carbocycles. The number of carbonyl (C=O) groups excluding carboxylic acids is 2. The molecule has 2 aromatic rings. The molecule has 0 heterocycles. The maximum absolute atomic E-state index is 11.8. The number of rotatable bonds is 4. The highest BCUT2D eigenvalue weighted by molar-refractivity contribution is 6.32. The molecule has 0 atom stereocenters. The van der Waals surface area contributed by atoms with Crippen molar-refractivity contribution in [1.82, 2.24) is 0 Å². The average Bonchev–Trinajstić information content (AvgIpc) is 2.54. The van der Waals surface area contributed by atoms with E-state index in [-0.39, 0.29) is 5.91 Å². The van der Waals surface area contributed by atoms with Crippen molar-refractivity contribution in [3.63, 3.8) is 0 Å². The predicted octanol–water partition coefficient (Wildman–Crippen LogP) is 3.78. The summed E-state index contributed by atoms with van der Waals surface area (Å²) in [7, 11) is 1.32. The minimum atomic E-state index is -0.420. The Kier molecular flexibility index (Phi) is 5.33. The van der Waals surface area contributed by atoms with Crippen molar-refractivity contribution in [2.24, 2.45) is 0 Å². The van der Waals surface area contributed by atoms with Gasteiger partial charge in [0.05, 0.1) is 12.7 Å². The molecule has 0 aliphatic heterocycles. The highest BCUT2D eigenvalue weighted by atomic mass is 35.5. The van der Waals surface area contributed by atoms with Gasteiger partial charge in [-0.05, 0) is 42.0 Å². The van der Waals surface area contributed by atoms with E-state index in [0.717, 1.165) is 5.56 Å². The van der Waals surface area contributed by atoms with Gasteiger partial charge in [0.1, 0.15) is 0 Å². The van der Waals surface area contributed by atoms with Gasteiger partial charge in [0.25, 0.3) is 0 Å². The molecule has 1 amide bonds. The number of nitrogens with one attached hydrogen (secondary N) is 1. The van der Waals surface area contributed by atoms with Crippen LogP contribution in [0, 0.1) is 0 Å². The summed E-state index contributed by atoms with van der Waals surface area (Å²) >= 11 is 6.00. The van der Waals surface area contributed by atoms with Gasteiger partial charge in [0, 0.05) is 16.8 Å². The van der Waals surface area contributed by atoms with Gasteiger partial charge < -0.3 is 10.1 Å². The second kappa shape index (κ2) is 7.43. The van der Waals surface area contributed by atoms with Crippen LogP contribution in [-0.2, 0) is 9.53 Å². The van der Waals surface area contributed by atoms with Crippen molar-refractivity contribution in [2.75, 3.05) is 12.4 Å². The average molecular weight is 316 g/mol. The van der Waals surface area contributed by atoms with Crippen molar-refractivity contribution in [3.05, 3.63) is 70.8 Å². The Balaban J connectivity index is 2.00. The quantitative estimate of drug-likeness (QED) is 0.690. The molecular formula is C17H14ClNO3. The molecule has 1 N–H and O–H groups in total. The van der Waals surface area contributed by atoms with E-state index in [1.807, 2.05) is 18.2 Å². The third kappa shape index (κ3) is 4.20. The largest absolute Gasteiger partial charge is 0.465 e. The smallest absolute Gasteiger partial charge is 0.337 e. The summed E-state index contributed by atoms with van der Waals surface area (Å²) in [6.07, 6.45) is 3.04. The topological polar surface area (TPSA) is 55.4 Å². The number of hydrogen-bond acceptors (Lipinski definition) is 3. The van der Waals surface area contributed by atoms with E-state index in [1.165, 1.54) is 13.2 Å². The number of benzene rings is 2. The third-order valence-corrected chi connectivity index (χ3v) is 3.24. The lowest BCUT2D eigenvalue weighted by Gasteiger charge is -2.04. The van der Waals surface area contributed by atoms with Gasteiger partial charge in [-0.15, -0.1) is 0 Å². The molecule has 0 unspecified atom stereocenters. The summed E-state index contributed by atoms with van der Waals surface area (Å²) in [5.74, 6) is -0.706. The van der Waals surface area contributed by atoms with Crippen molar-refractivity contribution in [3.8, 4) is 0 Å². The first-order valence-electron chi connectivity index (χ1n) is 6.52. The fourth-order valence-electron chi connectivity index (χ4n) is 1.77. The molecule has 0 fully saturated rings. The van der Waals surface area contributed by atoms with Gasteiger partial charge in [-0.3, -0.25) is 4.79 Å². The monoisotopic (exact) mass is 315 g/mol. The van der Waals surface area contributed by atoms with E-state index in [9.17, 15) is 9.59 Å². The number of anilines is 1. The Hall–Kier alpha value is -2.59. The second-order valence-electron chi connectivity index (χ2n) is 4.41. The van der Waals surface area contributed by atoms with Crippen LogP contribution in [0.3, 0.4) is 0 Å². The number of amides is 1.